The molecule has 1 rings (SSSR count). The molecule has 0 spiro atoms. The maximum absolute atomic E-state index is 11.3. The van der Waals surface area contributed by atoms with E-state index < -0.39 is 5.91 Å². The first-order chi connectivity index (χ1) is 9.03. The molecule has 0 aromatic heterocycles. The fourth-order valence-electron chi connectivity index (χ4n) is 2.23. The van der Waals surface area contributed by atoms with E-state index in [4.69, 9.17) is 11.5 Å². The van der Waals surface area contributed by atoms with Gasteiger partial charge in [-0.05, 0) is 31.0 Å². The van der Waals surface area contributed by atoms with E-state index in [1.807, 2.05) is 0 Å². The molecule has 106 valence electrons. The third kappa shape index (κ3) is 3.88. The summed E-state index contributed by atoms with van der Waals surface area (Å²) in [4.78, 5) is 13.5. The van der Waals surface area contributed by atoms with E-state index in [9.17, 15) is 4.79 Å². The van der Waals surface area contributed by atoms with E-state index in [-0.39, 0.29) is 0 Å². The van der Waals surface area contributed by atoms with E-state index in [0.717, 1.165) is 31.6 Å². The lowest BCUT2D eigenvalue weighted by atomic mass is 10.0. The van der Waals surface area contributed by atoms with Crippen molar-refractivity contribution in [2.45, 2.75) is 33.6 Å². The smallest absolute Gasteiger partial charge is 0.248 e. The number of nitrogens with two attached hydrogens (primary N) is 2. The van der Waals surface area contributed by atoms with Crippen LogP contribution in [-0.4, -0.2) is 19.0 Å². The molecule has 0 saturated heterocycles. The second-order valence-electron chi connectivity index (χ2n) is 4.86. The summed E-state index contributed by atoms with van der Waals surface area (Å²) in [7, 11) is 0. The molecule has 1 aromatic carbocycles. The van der Waals surface area contributed by atoms with Crippen molar-refractivity contribution in [1.82, 2.24) is 0 Å². The van der Waals surface area contributed by atoms with Crippen molar-refractivity contribution in [2.24, 2.45) is 11.7 Å². The number of hydrogen-bond acceptors (Lipinski definition) is 3. The Bertz CT molecular complexity index is 427. The zero-order chi connectivity index (χ0) is 14.4. The molecule has 0 fully saturated rings. The first-order valence-corrected chi connectivity index (χ1v) is 6.97. The van der Waals surface area contributed by atoms with Gasteiger partial charge in [0.2, 0.25) is 5.91 Å². The van der Waals surface area contributed by atoms with Crippen molar-refractivity contribution < 1.29 is 4.79 Å². The molecule has 0 unspecified atom stereocenters. The summed E-state index contributed by atoms with van der Waals surface area (Å²) in [6, 6.07) is 5.22. The van der Waals surface area contributed by atoms with Crippen molar-refractivity contribution >= 4 is 17.3 Å². The van der Waals surface area contributed by atoms with Crippen LogP contribution < -0.4 is 16.4 Å². The third-order valence-corrected chi connectivity index (χ3v) is 3.67. The molecule has 19 heavy (non-hydrogen) atoms. The molecule has 0 atom stereocenters. The van der Waals surface area contributed by atoms with E-state index in [1.165, 1.54) is 0 Å². The molecule has 0 aliphatic heterocycles. The van der Waals surface area contributed by atoms with Gasteiger partial charge in [-0.3, -0.25) is 4.79 Å². The van der Waals surface area contributed by atoms with Crippen molar-refractivity contribution in [3.8, 4) is 0 Å². The number of carbonyl (C=O) groups excluding carboxylic acids is 1. The predicted octanol–water partition coefficient (Wildman–Crippen LogP) is 2.63. The second kappa shape index (κ2) is 7.02. The number of nitrogens with zero attached hydrogens (tertiary/aromatic N) is 1. The molecule has 0 heterocycles. The highest BCUT2D eigenvalue weighted by molar-refractivity contribution is 5.95. The van der Waals surface area contributed by atoms with E-state index in [0.29, 0.717) is 17.2 Å². The van der Waals surface area contributed by atoms with Gasteiger partial charge in [0.1, 0.15) is 0 Å². The molecular formula is C15H25N3O. The fourth-order valence-corrected chi connectivity index (χ4v) is 2.23. The molecule has 0 radical (unpaired) electrons. The third-order valence-electron chi connectivity index (χ3n) is 3.67. The zero-order valence-corrected chi connectivity index (χ0v) is 12.1. The molecular weight excluding hydrogens is 238 g/mol. The van der Waals surface area contributed by atoms with Gasteiger partial charge >= 0.3 is 0 Å². The van der Waals surface area contributed by atoms with Gasteiger partial charge in [0.05, 0.1) is 11.4 Å². The Balaban J connectivity index is 3.03. The van der Waals surface area contributed by atoms with Crippen LogP contribution in [0, 0.1) is 5.92 Å². The van der Waals surface area contributed by atoms with Gasteiger partial charge in [0.15, 0.2) is 0 Å². The number of hydrogen-bond donors (Lipinski definition) is 2. The monoisotopic (exact) mass is 263 g/mol. The van der Waals surface area contributed by atoms with Crippen LogP contribution in [0.5, 0.6) is 0 Å². The SMILES string of the molecule is CCC(CC)CN(CC)c1cc(C(N)=O)ccc1N. The predicted molar refractivity (Wildman–Crippen MR) is 81.3 cm³/mol. The topological polar surface area (TPSA) is 72.3 Å². The lowest BCUT2D eigenvalue weighted by Crippen LogP contribution is -2.30. The molecule has 4 nitrogen and oxygen atoms in total. The fraction of sp³-hybridized carbons (Fsp3) is 0.533. The molecule has 0 aliphatic carbocycles. The van der Waals surface area contributed by atoms with Crippen molar-refractivity contribution in [3.05, 3.63) is 23.8 Å². The average Bonchev–Trinajstić information content (AvgIpc) is 2.41. The number of benzene rings is 1. The Labute approximate surface area is 115 Å². The highest BCUT2D eigenvalue weighted by Crippen LogP contribution is 2.26. The highest BCUT2D eigenvalue weighted by atomic mass is 16.1. The maximum atomic E-state index is 11.3. The Morgan fingerprint density at radius 2 is 1.89 bits per heavy atom. The Morgan fingerprint density at radius 3 is 2.37 bits per heavy atom. The number of amides is 1. The van der Waals surface area contributed by atoms with Crippen LogP contribution in [-0.2, 0) is 0 Å². The normalized spacial score (nSPS) is 10.7. The molecule has 1 aromatic rings. The van der Waals surface area contributed by atoms with E-state index >= 15 is 0 Å². The van der Waals surface area contributed by atoms with Crippen LogP contribution in [0.4, 0.5) is 11.4 Å². The van der Waals surface area contributed by atoms with Crippen molar-refractivity contribution in [1.29, 1.82) is 0 Å². The zero-order valence-electron chi connectivity index (χ0n) is 12.1. The summed E-state index contributed by atoms with van der Waals surface area (Å²) in [5.41, 5.74) is 13.5. The van der Waals surface area contributed by atoms with Gasteiger partial charge in [-0.2, -0.15) is 0 Å². The summed E-state index contributed by atoms with van der Waals surface area (Å²) in [6.07, 6.45) is 2.28. The van der Waals surface area contributed by atoms with Gasteiger partial charge in [0.25, 0.3) is 0 Å². The summed E-state index contributed by atoms with van der Waals surface area (Å²) < 4.78 is 0. The number of anilines is 2. The van der Waals surface area contributed by atoms with E-state index in [2.05, 4.69) is 25.7 Å². The minimum atomic E-state index is -0.417. The average molecular weight is 263 g/mol. The Morgan fingerprint density at radius 1 is 1.26 bits per heavy atom. The Hall–Kier alpha value is -1.71. The summed E-state index contributed by atoms with van der Waals surface area (Å²) >= 11 is 0. The lowest BCUT2D eigenvalue weighted by Gasteiger charge is -2.28. The van der Waals surface area contributed by atoms with E-state index in [1.54, 1.807) is 18.2 Å². The highest BCUT2D eigenvalue weighted by Gasteiger charge is 2.14. The minimum absolute atomic E-state index is 0.417. The number of rotatable bonds is 7. The van der Waals surface area contributed by atoms with Crippen molar-refractivity contribution in [2.75, 3.05) is 23.7 Å². The number of nitrogen functional groups attached to an aromatic ring is 1. The first-order valence-electron chi connectivity index (χ1n) is 6.97. The molecule has 4 N–H and O–H groups in total. The molecule has 0 saturated carbocycles. The molecule has 0 bridgehead atoms. The van der Waals surface area contributed by atoms with Crippen LogP contribution in [0.3, 0.4) is 0 Å². The van der Waals surface area contributed by atoms with Crippen LogP contribution in [0.2, 0.25) is 0 Å². The van der Waals surface area contributed by atoms with Gasteiger partial charge < -0.3 is 16.4 Å². The molecule has 1 amide bonds. The van der Waals surface area contributed by atoms with Crippen LogP contribution in [0.25, 0.3) is 0 Å². The quantitative estimate of drug-likeness (QED) is 0.743. The molecule has 0 aliphatic rings. The van der Waals surface area contributed by atoms with Gasteiger partial charge in [-0.15, -0.1) is 0 Å². The summed E-state index contributed by atoms with van der Waals surface area (Å²) in [6.45, 7) is 8.31. The van der Waals surface area contributed by atoms with Crippen LogP contribution in [0.15, 0.2) is 18.2 Å². The minimum Gasteiger partial charge on any atom is -0.397 e. The van der Waals surface area contributed by atoms with Crippen LogP contribution in [0.1, 0.15) is 44.0 Å². The van der Waals surface area contributed by atoms with Crippen molar-refractivity contribution in [3.63, 3.8) is 0 Å². The standard InChI is InChI=1S/C15H25N3O/c1-4-11(5-2)10-18(6-3)14-9-12(15(17)19)7-8-13(14)16/h7-9,11H,4-6,10,16H2,1-3H3,(H2,17,19). The second-order valence-corrected chi connectivity index (χ2v) is 4.86. The first kappa shape index (κ1) is 15.3. The van der Waals surface area contributed by atoms with Gasteiger partial charge in [0, 0.05) is 18.7 Å². The van der Waals surface area contributed by atoms with Crippen LogP contribution >= 0.6 is 0 Å². The van der Waals surface area contributed by atoms with Gasteiger partial charge in [-0.25, -0.2) is 0 Å². The number of carbonyl (C=O) groups is 1. The largest absolute Gasteiger partial charge is 0.397 e. The number of primary amides is 1. The Kier molecular flexibility index (Phi) is 5.67. The molecule has 4 heteroatoms. The van der Waals surface area contributed by atoms with Gasteiger partial charge in [-0.1, -0.05) is 26.7 Å². The summed E-state index contributed by atoms with van der Waals surface area (Å²) in [5, 5.41) is 0. The lowest BCUT2D eigenvalue weighted by molar-refractivity contribution is 0.100. The maximum Gasteiger partial charge on any atom is 0.248 e. The summed E-state index contributed by atoms with van der Waals surface area (Å²) in [5.74, 6) is 0.219.